The molecule has 832 valence electrons. The molecular weight excluding hydrogens is 2280 g/mol. The van der Waals surface area contributed by atoms with Crippen LogP contribution in [0.1, 0.15) is 71.4 Å². The zero-order valence-electron chi connectivity index (χ0n) is 74.5. The fourth-order valence-electron chi connectivity index (χ4n) is 11.9. The van der Waals surface area contributed by atoms with E-state index in [4.69, 9.17) is 68.0 Å². The van der Waals surface area contributed by atoms with Gasteiger partial charge in [-0.15, -0.1) is 18.5 Å². The third-order valence-electron chi connectivity index (χ3n) is 17.9. The standard InChI is InChI=1S/C14H25N6O13P3.C13H24N6O13P4.C12H22N7O13P3.C10H16N5O14P3.C3H10NP.C2H6/c1-2-3-4-17-34(24,25)32-36(28,29)33-35(26,27)30-5-7-9(21)10(22)13(31-7)20-6-16-8-11(20)18-14(15)19-12(8)23;14-13-17-10-7(11(22)18-13)15-5-19(10)12-9(21)8(20)6(30-12)4-29-35(25,26)32-36(27,28)31-34(23,24)16-2-1-3-33;13-1-2-16-33(23,24)31-35(27,28)32-34(25,26)29-3-5-7(20)8(21)11(30-5)19-4-15-6-9(19)17-12(14)18-10(6)22;11-10-13-7-4(8(18)14-10)12-2-15(7)9-6(17)5(16)3(27-9)1-26-31(22,23)29-32(24,25)28-30(19,20)21;4-2-1-3-5;1-2/h6-7,9-10,13,21-22H,2-5H2,1H3,(H,26,27)(H,28,29)(H2,17,24,25)(H3,15,18,19,23);5-6,8-9,12,20-21H,1-4,33H2,(H,25,26)(H,27,28)(H2,16,23,24)(H3,14,17,18,22);4-5,7-8,11,20-21H,1-3,13H2,(H,25,26)(H,27,28)(H2,16,23,24)(H3,14,17,18,22);2-3,5-6,9,16-17H,1H2,(H,22,23)(H,24,25)(H2,19,20,21)(H3,11,13,14,18);1-5H2;1-2H3. The Morgan fingerprint density at radius 2 is 0.568 bits per heavy atom. The predicted molar refractivity (Wildman–Crippen MR) is 493 cm³/mol. The molecule has 8 aromatic heterocycles. The minimum atomic E-state index is -5.73. The SMILES string of the molecule is CC.CCCCNP(=O)(O)OP(=O)(O)OP(=O)(O)OCC1OC(n2cnc3c(=O)[nH]c(N)nc32)C(O)C1O.NCCCP.NCCNP(=O)(O)OP(=O)(O)OP(=O)(O)OCC1OC(n2cnc3c(=O)[nH]c(N)nc32)C(O)C1O.Nc1nc2c(ncn2C2OC(COP(=O)(O)OP(=O)(O)OP(=O)(O)NCCCP)C(O)C2O)c(=O)[nH]1.Nc1nc2c(ncn2C2OC(COP(=O)(O)OP(=O)(O)OP(=O)(O)O)C(O)C2O)c(=O)[nH]1. The number of H-pyrrole nitrogens is 4. The smallest absolute Gasteiger partial charge is 0.387 e. The number of fused-ring (bicyclic) bond motifs is 4. The Labute approximate surface area is 818 Å². The number of nitrogens with two attached hydrogens (primary N) is 6. The Morgan fingerprint density at radius 1 is 0.342 bits per heavy atom. The van der Waals surface area contributed by atoms with E-state index in [1.165, 1.54) is 0 Å². The number of aromatic nitrogens is 16. The summed E-state index contributed by atoms with van der Waals surface area (Å²) < 4.78 is 216. The van der Waals surface area contributed by atoms with E-state index in [0.29, 0.717) is 25.4 Å². The number of imidazole rings is 4. The monoisotopic (exact) mass is 2380 g/mol. The van der Waals surface area contributed by atoms with Crippen molar-refractivity contribution in [1.29, 1.82) is 0 Å². The van der Waals surface area contributed by atoms with Crippen LogP contribution in [-0.2, 0) is 126 Å². The molecule has 0 bridgehead atoms. The molecule has 0 aliphatic carbocycles. The first-order valence-electron chi connectivity index (χ1n) is 40.4. The molecule has 0 saturated carbocycles. The van der Waals surface area contributed by atoms with Gasteiger partial charge in [0.1, 0.15) is 73.2 Å². The molecule has 78 nitrogen and oxygen atoms in total. The molecule has 146 heavy (non-hydrogen) atoms. The van der Waals surface area contributed by atoms with E-state index in [-0.39, 0.29) is 94.6 Å². The minimum Gasteiger partial charge on any atom is -0.387 e. The Morgan fingerprint density at radius 3 is 0.774 bits per heavy atom. The van der Waals surface area contributed by atoms with Crippen molar-refractivity contribution in [3.05, 3.63) is 66.7 Å². The number of nitrogens with one attached hydrogen (secondary N) is 7. The van der Waals surface area contributed by atoms with Gasteiger partial charge in [-0.2, -0.15) is 54.4 Å². The van der Waals surface area contributed by atoms with Crippen LogP contribution in [0.15, 0.2) is 44.5 Å². The maximum absolute atomic E-state index is 12.1. The van der Waals surface area contributed by atoms with Crippen LogP contribution < -0.4 is 71.9 Å². The molecule has 40 N–H and O–H groups in total. The average molecular weight is 2380 g/mol. The summed E-state index contributed by atoms with van der Waals surface area (Å²) in [6.45, 7) is 2.11. The highest BCUT2D eigenvalue weighted by molar-refractivity contribution is 7.69. The van der Waals surface area contributed by atoms with Gasteiger partial charge in [0.2, 0.25) is 23.8 Å². The molecular formula is C54H103N25O53P14. The van der Waals surface area contributed by atoms with Gasteiger partial charge < -0.3 is 158 Å². The summed E-state index contributed by atoms with van der Waals surface area (Å²) in [4.78, 5) is 209. The summed E-state index contributed by atoms with van der Waals surface area (Å²) in [6, 6.07) is 0. The third kappa shape index (κ3) is 37.2. The van der Waals surface area contributed by atoms with Crippen molar-refractivity contribution < 1.29 is 231 Å². The molecule has 0 spiro atoms. The highest BCUT2D eigenvalue weighted by atomic mass is 31.3. The molecule has 4 aliphatic rings. The van der Waals surface area contributed by atoms with Crippen LogP contribution in [0.4, 0.5) is 23.8 Å². The van der Waals surface area contributed by atoms with Gasteiger partial charge in [-0.3, -0.25) is 75.5 Å². The van der Waals surface area contributed by atoms with Crippen LogP contribution in [0.2, 0.25) is 0 Å². The maximum Gasteiger partial charge on any atom is 0.490 e. The van der Waals surface area contributed by atoms with E-state index in [1.807, 2.05) is 24.0 Å². The fraction of sp³-hybridized carbons (Fsp3) is 0.630. The summed E-state index contributed by atoms with van der Waals surface area (Å²) in [6.07, 6.45) is -16.7. The van der Waals surface area contributed by atoms with Crippen molar-refractivity contribution in [2.24, 2.45) is 11.5 Å². The van der Waals surface area contributed by atoms with Crippen molar-refractivity contribution >= 4 is 181 Å². The summed E-state index contributed by atoms with van der Waals surface area (Å²) in [5.41, 5.74) is 28.5. The number of anilines is 4. The molecule has 4 saturated heterocycles. The van der Waals surface area contributed by atoms with Gasteiger partial charge in [0, 0.05) is 26.2 Å². The first-order chi connectivity index (χ1) is 67.4. The number of aromatic amines is 4. The molecule has 12 rings (SSSR count). The number of phosphoric ester groups is 4. The van der Waals surface area contributed by atoms with Crippen molar-refractivity contribution in [2.75, 3.05) is 94.4 Å². The second-order valence-electron chi connectivity index (χ2n) is 28.9. The Balaban J connectivity index is 0.000000258. The van der Waals surface area contributed by atoms with Crippen LogP contribution in [0.5, 0.6) is 0 Å². The van der Waals surface area contributed by atoms with E-state index >= 15 is 0 Å². The van der Waals surface area contributed by atoms with Crippen LogP contribution in [0.3, 0.4) is 0 Å². The molecule has 0 radical (unpaired) electrons. The first-order valence-corrected chi connectivity index (χ1v) is 60.3. The van der Waals surface area contributed by atoms with Gasteiger partial charge in [-0.1, -0.05) is 27.2 Å². The van der Waals surface area contributed by atoms with E-state index in [0.717, 1.165) is 62.7 Å². The van der Waals surface area contributed by atoms with Gasteiger partial charge >= 0.3 is 93.6 Å². The van der Waals surface area contributed by atoms with Crippen LogP contribution in [-0.4, -0.2) is 327 Å². The van der Waals surface area contributed by atoms with E-state index in [9.17, 15) is 164 Å². The van der Waals surface area contributed by atoms with Crippen LogP contribution >= 0.6 is 112 Å². The number of unbranched alkanes of at least 4 members (excludes halogenated alkanes) is 1. The molecule has 0 aromatic carbocycles. The lowest BCUT2D eigenvalue weighted by Crippen LogP contribution is -2.33. The van der Waals surface area contributed by atoms with Gasteiger partial charge in [-0.25, -0.2) is 90.0 Å². The van der Waals surface area contributed by atoms with E-state index in [1.54, 1.807) is 12.0 Å². The number of rotatable bonds is 45. The lowest BCUT2D eigenvalue weighted by atomic mass is 10.1. The van der Waals surface area contributed by atoms with Crippen molar-refractivity contribution in [3.63, 3.8) is 0 Å². The Hall–Kier alpha value is -5.46. The zero-order valence-corrected chi connectivity index (χ0v) is 87.5. The molecule has 29 atom stereocenters. The molecule has 8 aromatic rings. The number of hydrogen-bond donors (Lipinski definition) is 34. The number of nitrogens with zero attached hydrogens (tertiary/aromatic N) is 12. The lowest BCUT2D eigenvalue weighted by molar-refractivity contribution is -0.0503. The number of nitrogen functional groups attached to an aromatic ring is 4. The largest absolute Gasteiger partial charge is 0.490 e. The molecule has 92 heteroatoms. The summed E-state index contributed by atoms with van der Waals surface area (Å²) in [5.74, 6) is -1.06. The Bertz CT molecular complexity index is 6460. The molecule has 29 unspecified atom stereocenters. The number of ether oxygens (including phenoxy) is 4. The number of phosphoric acid groups is 9. The van der Waals surface area contributed by atoms with Crippen LogP contribution in [0.25, 0.3) is 44.7 Å². The van der Waals surface area contributed by atoms with E-state index < -0.39 is 240 Å². The van der Waals surface area contributed by atoms with Gasteiger partial charge in [0.25, 0.3) is 22.2 Å². The van der Waals surface area contributed by atoms with E-state index in [2.05, 4.69) is 131 Å². The van der Waals surface area contributed by atoms with Gasteiger partial charge in [-0.05, 0) is 38.1 Å². The maximum atomic E-state index is 12.1. The normalized spacial score (nSPS) is 26.7. The summed E-state index contributed by atoms with van der Waals surface area (Å²) >= 11 is 0. The van der Waals surface area contributed by atoms with Crippen molar-refractivity contribution in [2.45, 2.75) is 145 Å². The first kappa shape index (κ1) is 127. The second-order valence-corrected chi connectivity index (χ2v) is 48.8. The number of hydrogen-bond acceptors (Lipinski definition) is 54. The summed E-state index contributed by atoms with van der Waals surface area (Å²) in [7, 11) is -59.6. The molecule has 4 fully saturated rings. The Kier molecular flexibility index (Phi) is 46.4. The topological polar surface area (TPSA) is 1220 Å². The van der Waals surface area contributed by atoms with Crippen molar-refractivity contribution in [1.82, 2.24) is 93.3 Å². The highest BCUT2D eigenvalue weighted by Crippen LogP contribution is 2.70. The van der Waals surface area contributed by atoms with Gasteiger partial charge in [0.05, 0.1) is 51.7 Å². The highest BCUT2D eigenvalue weighted by Gasteiger charge is 2.53. The minimum absolute atomic E-state index is 0.0549. The quantitative estimate of drug-likeness (QED) is 0.0125. The van der Waals surface area contributed by atoms with Crippen molar-refractivity contribution in [3.8, 4) is 0 Å². The number of aliphatic hydroxyl groups excluding tert-OH is 8. The van der Waals surface area contributed by atoms with Gasteiger partial charge in [0.15, 0.2) is 69.6 Å². The number of aliphatic hydroxyl groups is 8. The lowest BCUT2D eigenvalue weighted by Gasteiger charge is -2.20. The molecule has 4 aliphatic heterocycles. The zero-order chi connectivity index (χ0) is 110. The fourth-order valence-corrected chi connectivity index (χ4v) is 26.6. The average Bonchev–Trinajstić information content (AvgIpc) is 1.63. The summed E-state index contributed by atoms with van der Waals surface area (Å²) in [5, 5.41) is 88.0. The predicted octanol–water partition coefficient (Wildman–Crippen LogP) is -6.29. The second kappa shape index (κ2) is 53.1. The third-order valence-corrected chi connectivity index (χ3v) is 35.9. The van der Waals surface area contributed by atoms with Crippen LogP contribution in [0, 0.1) is 0 Å². The molecule has 12 heterocycles. The molecule has 0 amide bonds.